The molecule has 2 aromatic carbocycles. The second-order valence-corrected chi connectivity index (χ2v) is 6.58. The van der Waals surface area contributed by atoms with Crippen molar-refractivity contribution in [3.05, 3.63) is 80.9 Å². The quantitative estimate of drug-likeness (QED) is 0.445. The zero-order chi connectivity index (χ0) is 16.8. The van der Waals surface area contributed by atoms with Gasteiger partial charge in [-0.25, -0.2) is 4.39 Å². The highest BCUT2D eigenvalue weighted by Crippen LogP contribution is 2.27. The van der Waals surface area contributed by atoms with E-state index in [1.807, 2.05) is 18.2 Å². The summed E-state index contributed by atoms with van der Waals surface area (Å²) in [5.74, 6) is -0.290. The van der Waals surface area contributed by atoms with E-state index >= 15 is 0 Å². The Kier molecular flexibility index (Phi) is 3.46. The van der Waals surface area contributed by atoms with Crippen LogP contribution in [0, 0.1) is 12.7 Å². The van der Waals surface area contributed by atoms with Gasteiger partial charge in [-0.1, -0.05) is 15.9 Å². The van der Waals surface area contributed by atoms with E-state index in [1.165, 1.54) is 12.1 Å². The molecule has 24 heavy (non-hydrogen) atoms. The summed E-state index contributed by atoms with van der Waals surface area (Å²) in [5.41, 5.74) is 2.53. The van der Waals surface area contributed by atoms with E-state index in [4.69, 9.17) is 0 Å². The molecule has 0 unspecified atom stereocenters. The van der Waals surface area contributed by atoms with Crippen LogP contribution < -0.4 is 5.56 Å². The highest BCUT2D eigenvalue weighted by atomic mass is 79.9. The van der Waals surface area contributed by atoms with Crippen molar-refractivity contribution in [1.82, 2.24) is 9.55 Å². The van der Waals surface area contributed by atoms with E-state index in [-0.39, 0.29) is 11.4 Å². The predicted octanol–water partition coefficient (Wildman–Crippen LogP) is 4.75. The summed E-state index contributed by atoms with van der Waals surface area (Å²) in [4.78, 5) is 17.0. The molecule has 0 saturated carbocycles. The lowest BCUT2D eigenvalue weighted by Gasteiger charge is -2.13. The third-order valence-electron chi connectivity index (χ3n) is 4.08. The lowest BCUT2D eigenvalue weighted by Crippen LogP contribution is -2.18. The van der Waals surface area contributed by atoms with Crippen molar-refractivity contribution in [3.63, 3.8) is 0 Å². The summed E-state index contributed by atoms with van der Waals surface area (Å²) in [5, 5.41) is 1.71. The Balaban J connectivity index is 2.21. The highest BCUT2D eigenvalue weighted by molar-refractivity contribution is 9.10. The van der Waals surface area contributed by atoms with E-state index in [1.54, 1.807) is 35.9 Å². The van der Waals surface area contributed by atoms with Gasteiger partial charge in [0.2, 0.25) is 0 Å². The van der Waals surface area contributed by atoms with Crippen LogP contribution in [-0.2, 0) is 0 Å². The van der Waals surface area contributed by atoms with Crippen LogP contribution in [0.1, 0.15) is 5.56 Å². The molecule has 0 aliphatic heterocycles. The number of pyridine rings is 2. The van der Waals surface area contributed by atoms with Gasteiger partial charge in [0.1, 0.15) is 5.82 Å². The van der Waals surface area contributed by atoms with Crippen LogP contribution in [0.3, 0.4) is 0 Å². The average Bonchev–Trinajstić information content (AvgIpc) is 2.57. The summed E-state index contributed by atoms with van der Waals surface area (Å²) < 4.78 is 16.1. The maximum atomic E-state index is 13.6. The Morgan fingerprint density at radius 1 is 1.08 bits per heavy atom. The lowest BCUT2D eigenvalue weighted by atomic mass is 10.1. The second kappa shape index (κ2) is 5.53. The van der Waals surface area contributed by atoms with Gasteiger partial charge in [-0.2, -0.15) is 0 Å². The first-order chi connectivity index (χ1) is 11.5. The maximum Gasteiger partial charge on any atom is 0.255 e. The van der Waals surface area contributed by atoms with Gasteiger partial charge < -0.3 is 0 Å². The molecule has 0 amide bonds. The smallest absolute Gasteiger partial charge is 0.255 e. The molecule has 0 radical (unpaired) electrons. The number of hydrogen-bond donors (Lipinski definition) is 0. The van der Waals surface area contributed by atoms with E-state index in [2.05, 4.69) is 20.9 Å². The van der Waals surface area contributed by atoms with Crippen molar-refractivity contribution in [1.29, 1.82) is 0 Å². The topological polar surface area (TPSA) is 34.9 Å². The van der Waals surface area contributed by atoms with Gasteiger partial charge in [-0.05, 0) is 55.0 Å². The van der Waals surface area contributed by atoms with Gasteiger partial charge in [0.15, 0.2) is 0 Å². The summed E-state index contributed by atoms with van der Waals surface area (Å²) >= 11 is 3.47. The van der Waals surface area contributed by atoms with E-state index in [9.17, 15) is 9.18 Å². The first kappa shape index (κ1) is 15.0. The molecule has 4 aromatic rings. The summed E-state index contributed by atoms with van der Waals surface area (Å²) in [7, 11) is 0. The van der Waals surface area contributed by atoms with Crippen LogP contribution in [0.4, 0.5) is 4.39 Å². The molecule has 0 aliphatic rings. The summed E-state index contributed by atoms with van der Waals surface area (Å²) in [6, 6.07) is 13.7. The fourth-order valence-corrected chi connectivity index (χ4v) is 3.27. The van der Waals surface area contributed by atoms with Crippen LogP contribution in [0.2, 0.25) is 0 Å². The number of fused-ring (bicyclic) bond motifs is 3. The van der Waals surface area contributed by atoms with Crippen molar-refractivity contribution in [2.75, 3.05) is 0 Å². The molecular weight excluding hydrogens is 371 g/mol. The molecule has 2 aromatic heterocycles. The number of aryl methyl sites for hydroxylation is 1. The molecule has 3 nitrogen and oxygen atoms in total. The van der Waals surface area contributed by atoms with Crippen molar-refractivity contribution in [2.24, 2.45) is 0 Å². The van der Waals surface area contributed by atoms with Gasteiger partial charge in [0.25, 0.3) is 5.56 Å². The van der Waals surface area contributed by atoms with Crippen molar-refractivity contribution < 1.29 is 4.39 Å². The molecule has 118 valence electrons. The zero-order valence-electron chi connectivity index (χ0n) is 12.8. The molecule has 0 fully saturated rings. The number of aromatic nitrogens is 2. The van der Waals surface area contributed by atoms with E-state index in [0.29, 0.717) is 11.3 Å². The largest absolute Gasteiger partial charge is 0.276 e. The first-order valence-electron chi connectivity index (χ1n) is 7.41. The fraction of sp³-hybridized carbons (Fsp3) is 0.0526. The van der Waals surface area contributed by atoms with E-state index in [0.717, 1.165) is 26.3 Å². The average molecular weight is 383 g/mol. The minimum absolute atomic E-state index is 0.166. The third-order valence-corrected chi connectivity index (χ3v) is 4.57. The SMILES string of the molecule is Cc1cc(-n2c(=O)ccc3cnc4ccc(Br)cc4c32)ccc1F. The predicted molar refractivity (Wildman–Crippen MR) is 97.2 cm³/mol. The molecule has 0 N–H and O–H groups in total. The maximum absolute atomic E-state index is 13.6. The molecule has 4 rings (SSSR count). The zero-order valence-corrected chi connectivity index (χ0v) is 14.3. The van der Waals surface area contributed by atoms with Crippen LogP contribution in [0.15, 0.2) is 64.0 Å². The minimum Gasteiger partial charge on any atom is -0.276 e. The van der Waals surface area contributed by atoms with Crippen molar-refractivity contribution in [3.8, 4) is 5.69 Å². The van der Waals surface area contributed by atoms with Gasteiger partial charge in [-0.3, -0.25) is 14.3 Å². The molecule has 0 aliphatic carbocycles. The summed E-state index contributed by atoms with van der Waals surface area (Å²) in [6.07, 6.45) is 1.75. The van der Waals surface area contributed by atoms with Gasteiger partial charge in [0, 0.05) is 33.2 Å². The Morgan fingerprint density at radius 2 is 1.92 bits per heavy atom. The second-order valence-electron chi connectivity index (χ2n) is 5.66. The normalized spacial score (nSPS) is 11.3. The van der Waals surface area contributed by atoms with Crippen LogP contribution >= 0.6 is 15.9 Å². The van der Waals surface area contributed by atoms with Crippen molar-refractivity contribution >= 4 is 37.7 Å². The molecule has 5 heteroatoms. The van der Waals surface area contributed by atoms with Crippen molar-refractivity contribution in [2.45, 2.75) is 6.92 Å². The number of rotatable bonds is 1. The molecule has 0 bridgehead atoms. The highest BCUT2D eigenvalue weighted by Gasteiger charge is 2.11. The number of hydrogen-bond acceptors (Lipinski definition) is 2. The van der Waals surface area contributed by atoms with Crippen LogP contribution in [0.25, 0.3) is 27.5 Å². The molecule has 0 atom stereocenters. The molecule has 0 saturated heterocycles. The van der Waals surface area contributed by atoms with Gasteiger partial charge in [-0.15, -0.1) is 0 Å². The minimum atomic E-state index is -0.290. The van der Waals surface area contributed by atoms with Gasteiger partial charge >= 0.3 is 0 Å². The molecular formula is C19H12BrFN2O. The Hall–Kier alpha value is -2.53. The Morgan fingerprint density at radius 3 is 2.71 bits per heavy atom. The lowest BCUT2D eigenvalue weighted by molar-refractivity contribution is 0.618. The Bertz CT molecular complexity index is 1170. The van der Waals surface area contributed by atoms with Crippen LogP contribution in [0.5, 0.6) is 0 Å². The third kappa shape index (κ3) is 2.32. The molecule has 0 spiro atoms. The summed E-state index contributed by atoms with van der Waals surface area (Å²) in [6.45, 7) is 1.69. The molecule has 2 heterocycles. The fourth-order valence-electron chi connectivity index (χ4n) is 2.91. The first-order valence-corrected chi connectivity index (χ1v) is 8.20. The number of halogens is 2. The number of benzene rings is 2. The van der Waals surface area contributed by atoms with Crippen LogP contribution in [-0.4, -0.2) is 9.55 Å². The van der Waals surface area contributed by atoms with Gasteiger partial charge in [0.05, 0.1) is 11.0 Å². The van der Waals surface area contributed by atoms with E-state index < -0.39 is 0 Å². The Labute approximate surface area is 145 Å². The standard InChI is InChI=1S/C19H12BrFN2O/c1-11-8-14(4-5-16(11)21)23-18(24)7-2-12-10-22-17-6-3-13(20)9-15(17)19(12)23/h2-10H,1H3. The monoisotopic (exact) mass is 382 g/mol. The number of nitrogens with zero attached hydrogens (tertiary/aromatic N) is 2.